The van der Waals surface area contributed by atoms with Crippen LogP contribution in [0, 0.1) is 0 Å². The summed E-state index contributed by atoms with van der Waals surface area (Å²) < 4.78 is 5.80. The number of nitrogens with two attached hydrogens (primary N) is 2. The van der Waals surface area contributed by atoms with Gasteiger partial charge in [-0.3, -0.25) is 4.79 Å². The Morgan fingerprint density at radius 3 is 2.43 bits per heavy atom. The Morgan fingerprint density at radius 1 is 1.10 bits per heavy atom. The molecule has 0 aliphatic heterocycles. The number of benzene rings is 2. The first-order valence-electron chi connectivity index (χ1n) is 6.75. The lowest BCUT2D eigenvalue weighted by atomic mass is 9.87. The Labute approximate surface area is 124 Å². The summed E-state index contributed by atoms with van der Waals surface area (Å²) in [7, 11) is 0. The summed E-state index contributed by atoms with van der Waals surface area (Å²) in [4.78, 5) is 11.2. The lowest BCUT2D eigenvalue weighted by molar-refractivity contribution is 0.1000. The molecule has 110 valence electrons. The fourth-order valence-corrected chi connectivity index (χ4v) is 1.93. The maximum atomic E-state index is 11.2. The highest BCUT2D eigenvalue weighted by atomic mass is 16.5. The number of rotatable bonds is 3. The maximum absolute atomic E-state index is 11.2. The van der Waals surface area contributed by atoms with Crippen LogP contribution in [-0.4, -0.2) is 5.91 Å². The molecular formula is C17H20N2O2. The number of ether oxygens (including phenoxy) is 1. The van der Waals surface area contributed by atoms with Gasteiger partial charge in [-0.2, -0.15) is 0 Å². The predicted octanol–water partition coefficient (Wildman–Crippen LogP) is 3.46. The second-order valence-electron chi connectivity index (χ2n) is 6.00. The molecule has 0 saturated heterocycles. The van der Waals surface area contributed by atoms with Gasteiger partial charge in [0.05, 0.1) is 5.69 Å². The van der Waals surface area contributed by atoms with Crippen molar-refractivity contribution in [2.45, 2.75) is 26.2 Å². The van der Waals surface area contributed by atoms with Gasteiger partial charge in [0, 0.05) is 5.56 Å². The van der Waals surface area contributed by atoms with Crippen LogP contribution in [0.1, 0.15) is 36.7 Å². The second-order valence-corrected chi connectivity index (χ2v) is 6.00. The quantitative estimate of drug-likeness (QED) is 0.847. The fraction of sp³-hybridized carbons (Fsp3) is 0.235. The van der Waals surface area contributed by atoms with E-state index in [0.29, 0.717) is 22.7 Å². The van der Waals surface area contributed by atoms with Crippen molar-refractivity contribution in [2.75, 3.05) is 5.73 Å². The van der Waals surface area contributed by atoms with Crippen LogP contribution in [0.25, 0.3) is 0 Å². The number of carbonyl (C=O) groups is 1. The molecule has 21 heavy (non-hydrogen) atoms. The number of anilines is 1. The van der Waals surface area contributed by atoms with Gasteiger partial charge in [0.25, 0.3) is 0 Å². The number of amides is 1. The number of primary amides is 1. The van der Waals surface area contributed by atoms with Crippen molar-refractivity contribution >= 4 is 11.6 Å². The van der Waals surface area contributed by atoms with Crippen LogP contribution < -0.4 is 16.2 Å². The number of carbonyl (C=O) groups excluding carboxylic acids is 1. The number of hydrogen-bond acceptors (Lipinski definition) is 3. The molecule has 0 atom stereocenters. The molecule has 1 amide bonds. The summed E-state index contributed by atoms with van der Waals surface area (Å²) in [5.41, 5.74) is 13.2. The van der Waals surface area contributed by atoms with Gasteiger partial charge >= 0.3 is 0 Å². The molecular weight excluding hydrogens is 264 g/mol. The minimum atomic E-state index is -0.511. The number of hydrogen-bond donors (Lipinski definition) is 2. The Morgan fingerprint density at radius 2 is 1.81 bits per heavy atom. The molecule has 0 heterocycles. The van der Waals surface area contributed by atoms with E-state index in [1.165, 1.54) is 0 Å². The lowest BCUT2D eigenvalue weighted by Gasteiger charge is -2.20. The van der Waals surface area contributed by atoms with Crippen molar-refractivity contribution in [3.63, 3.8) is 0 Å². The second kappa shape index (κ2) is 5.48. The summed E-state index contributed by atoms with van der Waals surface area (Å²) in [6.07, 6.45) is 0. The van der Waals surface area contributed by atoms with Crippen LogP contribution in [0.3, 0.4) is 0 Å². The van der Waals surface area contributed by atoms with E-state index in [1.54, 1.807) is 18.2 Å². The van der Waals surface area contributed by atoms with Crippen molar-refractivity contribution < 1.29 is 9.53 Å². The van der Waals surface area contributed by atoms with E-state index in [1.807, 2.05) is 18.2 Å². The summed E-state index contributed by atoms with van der Waals surface area (Å²) in [5, 5.41) is 0. The van der Waals surface area contributed by atoms with Crippen LogP contribution >= 0.6 is 0 Å². The summed E-state index contributed by atoms with van der Waals surface area (Å²) in [5.74, 6) is 0.594. The monoisotopic (exact) mass is 284 g/mol. The molecule has 0 bridgehead atoms. The van der Waals surface area contributed by atoms with Crippen LogP contribution in [0.4, 0.5) is 5.69 Å². The largest absolute Gasteiger partial charge is 0.455 e. The molecule has 4 nitrogen and oxygen atoms in total. The normalized spacial score (nSPS) is 11.2. The molecule has 2 rings (SSSR count). The molecule has 0 aliphatic rings. The lowest BCUT2D eigenvalue weighted by Crippen LogP contribution is -2.11. The molecule has 2 aromatic carbocycles. The molecule has 4 heteroatoms. The van der Waals surface area contributed by atoms with Gasteiger partial charge in [-0.25, -0.2) is 0 Å². The van der Waals surface area contributed by atoms with Crippen molar-refractivity contribution in [3.05, 3.63) is 53.6 Å². The summed E-state index contributed by atoms with van der Waals surface area (Å²) in [6, 6.07) is 12.6. The molecule has 2 aromatic rings. The van der Waals surface area contributed by atoms with Gasteiger partial charge in [-0.1, -0.05) is 32.9 Å². The van der Waals surface area contributed by atoms with E-state index < -0.39 is 5.91 Å². The topological polar surface area (TPSA) is 78.3 Å². The van der Waals surface area contributed by atoms with Crippen LogP contribution in [-0.2, 0) is 5.41 Å². The van der Waals surface area contributed by atoms with Crippen LogP contribution in [0.5, 0.6) is 11.5 Å². The zero-order valence-corrected chi connectivity index (χ0v) is 12.5. The highest BCUT2D eigenvalue weighted by Gasteiger charge is 2.14. The van der Waals surface area contributed by atoms with Crippen LogP contribution in [0.2, 0.25) is 0 Å². The zero-order chi connectivity index (χ0) is 15.6. The van der Waals surface area contributed by atoms with Gasteiger partial charge in [0.1, 0.15) is 5.75 Å². The van der Waals surface area contributed by atoms with Crippen LogP contribution in [0.15, 0.2) is 42.5 Å². The van der Waals surface area contributed by atoms with Crippen molar-refractivity contribution in [1.29, 1.82) is 0 Å². The van der Waals surface area contributed by atoms with Gasteiger partial charge in [0.2, 0.25) is 5.91 Å². The zero-order valence-electron chi connectivity index (χ0n) is 12.5. The smallest absolute Gasteiger partial charge is 0.248 e. The molecule has 4 N–H and O–H groups in total. The first-order chi connectivity index (χ1) is 9.77. The molecule has 0 saturated carbocycles. The Hall–Kier alpha value is -2.49. The molecule has 0 radical (unpaired) electrons. The molecule has 0 unspecified atom stereocenters. The van der Waals surface area contributed by atoms with E-state index in [0.717, 1.165) is 5.56 Å². The van der Waals surface area contributed by atoms with E-state index in [9.17, 15) is 4.79 Å². The van der Waals surface area contributed by atoms with E-state index in [2.05, 4.69) is 26.8 Å². The summed E-state index contributed by atoms with van der Waals surface area (Å²) in [6.45, 7) is 6.40. The molecule has 0 spiro atoms. The first-order valence-corrected chi connectivity index (χ1v) is 6.75. The van der Waals surface area contributed by atoms with Gasteiger partial charge in [-0.15, -0.1) is 0 Å². The van der Waals surface area contributed by atoms with Crippen molar-refractivity contribution in [2.24, 2.45) is 5.73 Å². The predicted molar refractivity (Wildman–Crippen MR) is 84.6 cm³/mol. The Bertz CT molecular complexity index is 673. The minimum Gasteiger partial charge on any atom is -0.455 e. The third-order valence-electron chi connectivity index (χ3n) is 3.23. The highest BCUT2D eigenvalue weighted by Crippen LogP contribution is 2.31. The average Bonchev–Trinajstić information content (AvgIpc) is 2.40. The third kappa shape index (κ3) is 3.54. The standard InChI is InChI=1S/C17H20N2O2/c1-17(2,3)12-5-4-6-13(10-12)21-15-9-11(16(19)20)7-8-14(15)18/h4-10H,18H2,1-3H3,(H2,19,20). The highest BCUT2D eigenvalue weighted by molar-refractivity contribution is 5.93. The van der Waals surface area contributed by atoms with Crippen molar-refractivity contribution in [3.8, 4) is 11.5 Å². The number of nitrogen functional groups attached to an aromatic ring is 1. The maximum Gasteiger partial charge on any atom is 0.248 e. The molecule has 0 fully saturated rings. The van der Waals surface area contributed by atoms with Gasteiger partial charge < -0.3 is 16.2 Å². The average molecular weight is 284 g/mol. The SMILES string of the molecule is CC(C)(C)c1cccc(Oc2cc(C(N)=O)ccc2N)c1. The summed E-state index contributed by atoms with van der Waals surface area (Å²) >= 11 is 0. The van der Waals surface area contributed by atoms with E-state index >= 15 is 0 Å². The Kier molecular flexibility index (Phi) is 3.89. The van der Waals surface area contributed by atoms with E-state index in [4.69, 9.17) is 16.2 Å². The first kappa shape index (κ1) is 14.9. The van der Waals surface area contributed by atoms with Gasteiger partial charge in [-0.05, 0) is 41.3 Å². The van der Waals surface area contributed by atoms with E-state index in [-0.39, 0.29) is 5.41 Å². The molecule has 0 aliphatic carbocycles. The third-order valence-corrected chi connectivity index (χ3v) is 3.23. The fourth-order valence-electron chi connectivity index (χ4n) is 1.93. The Balaban J connectivity index is 2.34. The minimum absolute atomic E-state index is 0.0278. The molecule has 0 aromatic heterocycles. The van der Waals surface area contributed by atoms with Crippen molar-refractivity contribution in [1.82, 2.24) is 0 Å². The van der Waals surface area contributed by atoms with Gasteiger partial charge in [0.15, 0.2) is 5.75 Å².